The molecule has 1 spiro atoms. The molecular weight excluding hydrogens is 981 g/mol. The van der Waals surface area contributed by atoms with Gasteiger partial charge in [0.15, 0.2) is 0 Å². The molecule has 0 N–H and O–H groups in total. The minimum Gasteiger partial charge on any atom is -0.309 e. The summed E-state index contributed by atoms with van der Waals surface area (Å²) < 4.78 is 5.13. The molecule has 3 heteroatoms. The Labute approximate surface area is 471 Å². The molecule has 5 saturated carbocycles. The van der Waals surface area contributed by atoms with Crippen LogP contribution in [0, 0.1) is 23.7 Å². The van der Waals surface area contributed by atoms with E-state index < -0.39 is 8.07 Å². The smallest absolute Gasteiger partial charge is 0.0776 e. The van der Waals surface area contributed by atoms with Crippen LogP contribution in [0.1, 0.15) is 86.8 Å². The first-order valence-electron chi connectivity index (χ1n) is 30.4. The highest BCUT2D eigenvalue weighted by Gasteiger charge is 2.61. The number of nitrogens with zero attached hydrogens (tertiary/aromatic N) is 2. The first-order valence-corrected chi connectivity index (χ1v) is 33.9. The molecule has 4 bridgehead atoms. The van der Waals surface area contributed by atoms with E-state index in [0.29, 0.717) is 5.92 Å². The summed E-state index contributed by atoms with van der Waals surface area (Å²) in [7, 11) is -1.65. The van der Waals surface area contributed by atoms with Gasteiger partial charge in [-0.2, -0.15) is 0 Å². The van der Waals surface area contributed by atoms with Crippen molar-refractivity contribution in [3.8, 4) is 55.9 Å². The quantitative estimate of drug-likeness (QED) is 0.141. The maximum absolute atomic E-state index is 2.74. The first-order chi connectivity index (χ1) is 39.3. The van der Waals surface area contributed by atoms with Gasteiger partial charge in [-0.15, -0.1) is 0 Å². The minimum absolute atomic E-state index is 0.104. The van der Waals surface area contributed by atoms with Crippen molar-refractivity contribution in [1.29, 1.82) is 0 Å². The number of benzene rings is 10. The Balaban J connectivity index is 0.865. The molecular formula is C77H68N2Si. The summed E-state index contributed by atoms with van der Waals surface area (Å²) >= 11 is 0. The third-order valence-electron chi connectivity index (χ3n) is 21.1. The zero-order chi connectivity index (χ0) is 53.0. The fourth-order valence-electron chi connectivity index (χ4n) is 17.7. The number of hydrogen-bond donors (Lipinski definition) is 0. The van der Waals surface area contributed by atoms with Crippen molar-refractivity contribution in [2.75, 3.05) is 0 Å². The maximum Gasteiger partial charge on any atom is 0.0776 e. The number of para-hydroxylation sites is 2. The first kappa shape index (κ1) is 47.1. The van der Waals surface area contributed by atoms with Gasteiger partial charge in [-0.1, -0.05) is 208 Å². The third-order valence-corrected chi connectivity index (χ3v) is 23.1. The van der Waals surface area contributed by atoms with Crippen molar-refractivity contribution >= 4 is 67.6 Å². The predicted octanol–water partition coefficient (Wildman–Crippen LogP) is 20.4. The lowest BCUT2D eigenvalue weighted by molar-refractivity contribution is -0.0399. The molecule has 18 rings (SSSR count). The van der Waals surface area contributed by atoms with E-state index in [1.165, 1.54) is 174 Å². The van der Waals surface area contributed by atoms with E-state index in [0.717, 1.165) is 23.7 Å². The van der Waals surface area contributed by atoms with Gasteiger partial charge in [0.1, 0.15) is 0 Å². The van der Waals surface area contributed by atoms with Crippen molar-refractivity contribution in [3.05, 3.63) is 223 Å². The Morgan fingerprint density at radius 3 is 1.77 bits per heavy atom. The van der Waals surface area contributed by atoms with E-state index in [4.69, 9.17) is 0 Å². The summed E-state index contributed by atoms with van der Waals surface area (Å²) in [6.45, 7) is 7.44. The zero-order valence-corrected chi connectivity index (χ0v) is 47.5. The van der Waals surface area contributed by atoms with Crippen molar-refractivity contribution in [2.24, 2.45) is 23.7 Å². The van der Waals surface area contributed by atoms with Crippen molar-refractivity contribution in [3.63, 3.8) is 0 Å². The lowest BCUT2D eigenvalue weighted by Crippen LogP contribution is -2.55. The number of rotatable bonds is 7. The molecule has 0 amide bonds. The van der Waals surface area contributed by atoms with E-state index in [-0.39, 0.29) is 5.41 Å². The molecule has 80 heavy (non-hydrogen) atoms. The highest BCUT2D eigenvalue weighted by Crippen LogP contribution is 2.70. The van der Waals surface area contributed by atoms with Gasteiger partial charge < -0.3 is 9.13 Å². The Morgan fingerprint density at radius 1 is 0.388 bits per heavy atom. The van der Waals surface area contributed by atoms with E-state index in [1.54, 1.807) is 22.3 Å². The maximum atomic E-state index is 2.74. The normalized spacial score (nSPS) is 21.4. The molecule has 12 aromatic rings. The van der Waals surface area contributed by atoms with Crippen LogP contribution in [-0.4, -0.2) is 17.2 Å². The second-order valence-electron chi connectivity index (χ2n) is 26.3. The molecule has 5 fully saturated rings. The molecule has 0 unspecified atom stereocenters. The molecule has 2 aromatic heterocycles. The predicted molar refractivity (Wildman–Crippen MR) is 341 cm³/mol. The zero-order valence-electron chi connectivity index (χ0n) is 46.5. The lowest BCUT2D eigenvalue weighted by atomic mass is 9.43. The molecule has 2 nitrogen and oxygen atoms in total. The molecule has 10 aromatic carbocycles. The van der Waals surface area contributed by atoms with Gasteiger partial charge in [-0.25, -0.2) is 0 Å². The fourth-order valence-corrected chi connectivity index (χ4v) is 18.9. The monoisotopic (exact) mass is 1050 g/mol. The Hall–Kier alpha value is -7.72. The summed E-state index contributed by atoms with van der Waals surface area (Å²) in [4.78, 5) is 0. The fraction of sp³-hybridized carbons (Fsp3) is 0.247. The Kier molecular flexibility index (Phi) is 10.4. The topological polar surface area (TPSA) is 9.86 Å². The summed E-state index contributed by atoms with van der Waals surface area (Å²) in [5.41, 5.74) is 23.0. The van der Waals surface area contributed by atoms with Crippen molar-refractivity contribution in [2.45, 2.75) is 95.2 Å². The average Bonchev–Trinajstić information content (AvgIpc) is 4.28. The summed E-state index contributed by atoms with van der Waals surface area (Å²) in [5, 5.41) is 9.26. The van der Waals surface area contributed by atoms with Crippen LogP contribution in [0.2, 0.25) is 19.6 Å². The van der Waals surface area contributed by atoms with Crippen molar-refractivity contribution < 1.29 is 0 Å². The van der Waals surface area contributed by atoms with Crippen LogP contribution in [0.3, 0.4) is 0 Å². The third kappa shape index (κ3) is 6.89. The van der Waals surface area contributed by atoms with Crippen LogP contribution in [-0.2, 0) is 5.41 Å². The van der Waals surface area contributed by atoms with Crippen LogP contribution in [0.4, 0.5) is 0 Å². The molecule has 0 aliphatic heterocycles. The summed E-state index contributed by atoms with van der Waals surface area (Å²) in [6, 6.07) is 80.6. The summed E-state index contributed by atoms with van der Waals surface area (Å²) in [6.07, 6.45) is 13.9. The average molecular weight is 1050 g/mol. The molecule has 0 saturated heterocycles. The molecule has 390 valence electrons. The van der Waals surface area contributed by atoms with E-state index in [2.05, 4.69) is 235 Å². The summed E-state index contributed by atoms with van der Waals surface area (Å²) in [5.74, 6) is 3.96. The van der Waals surface area contributed by atoms with Gasteiger partial charge in [0.05, 0.1) is 41.5 Å². The highest BCUT2D eigenvalue weighted by molar-refractivity contribution is 6.88. The van der Waals surface area contributed by atoms with Crippen LogP contribution >= 0.6 is 0 Å². The van der Waals surface area contributed by atoms with Gasteiger partial charge in [-0.05, 0) is 178 Å². The van der Waals surface area contributed by atoms with E-state index >= 15 is 0 Å². The SMILES string of the molecule is C[Si](C)(C)c1ccc2c(c1)c1ccc(-c3ccc4c5ccccc5n(-c5ccccc5-c5ccccc5)c4c3)cc1n2-c1cccc2cccc(-c3ccc4c(c3)C3(c5ccc(C6CCCCC6)cc5-4)C4CC5CC(C4)CC3C5)c12. The van der Waals surface area contributed by atoms with E-state index in [9.17, 15) is 0 Å². The minimum atomic E-state index is -1.65. The molecule has 0 atom stereocenters. The lowest BCUT2D eigenvalue weighted by Gasteiger charge is -2.61. The number of fused-ring (bicyclic) bond motifs is 10. The van der Waals surface area contributed by atoms with Gasteiger partial charge in [0.2, 0.25) is 0 Å². The standard InChI is InChI=1S/C77H68N2Si/c1-80(2,3)59-32-37-72-67(47-59)65-35-29-55(54-28-34-64-63-23-11-13-26-71(63)78(74(64)45-54)70-25-12-10-22-60(70)51-18-8-5-9-19-51)46-75(65)79(72)73-27-15-21-52-20-14-24-61(76(52)73)56-30-33-62-66-43-53(50-16-6-4-7-17-50)31-36-68(66)77(69(62)44-56)57-39-48-38-49(41-57)42-58(77)40-48/h5,8-15,18-37,43-50,57-58H,4,6-7,16-17,38-42H2,1-3H3. The van der Waals surface area contributed by atoms with Crippen molar-refractivity contribution in [1.82, 2.24) is 9.13 Å². The second-order valence-corrected chi connectivity index (χ2v) is 31.3. The van der Waals surface area contributed by atoms with Gasteiger partial charge in [0, 0.05) is 37.9 Å². The molecule has 6 aliphatic rings. The largest absolute Gasteiger partial charge is 0.309 e. The van der Waals surface area contributed by atoms with Gasteiger partial charge >= 0.3 is 0 Å². The van der Waals surface area contributed by atoms with Gasteiger partial charge in [-0.3, -0.25) is 0 Å². The highest BCUT2D eigenvalue weighted by atomic mass is 28.3. The van der Waals surface area contributed by atoms with E-state index in [1.807, 2.05) is 0 Å². The van der Waals surface area contributed by atoms with Crippen LogP contribution in [0.25, 0.3) is 110 Å². The van der Waals surface area contributed by atoms with Crippen LogP contribution in [0.15, 0.2) is 206 Å². The number of hydrogen-bond acceptors (Lipinski definition) is 0. The molecule has 6 aliphatic carbocycles. The van der Waals surface area contributed by atoms with Gasteiger partial charge in [0.25, 0.3) is 0 Å². The molecule has 0 radical (unpaired) electrons. The second kappa shape index (κ2) is 17.6. The van der Waals surface area contributed by atoms with Crippen LogP contribution < -0.4 is 5.19 Å². The Bertz CT molecular complexity index is 4480. The molecule has 2 heterocycles. The van der Waals surface area contributed by atoms with Crippen LogP contribution in [0.5, 0.6) is 0 Å². The number of aromatic nitrogens is 2. The Morgan fingerprint density at radius 2 is 1.01 bits per heavy atom.